The molecule has 0 radical (unpaired) electrons. The van der Waals surface area contributed by atoms with E-state index in [0.29, 0.717) is 23.6 Å². The summed E-state index contributed by atoms with van der Waals surface area (Å²) in [5, 5.41) is 5.49. The number of carbonyl (C=O) groups excluding carboxylic acids is 2. The highest BCUT2D eigenvalue weighted by atomic mass is 19.1. The summed E-state index contributed by atoms with van der Waals surface area (Å²) >= 11 is 0. The zero-order valence-corrected chi connectivity index (χ0v) is 16.5. The van der Waals surface area contributed by atoms with Crippen LogP contribution in [0.5, 0.6) is 5.75 Å². The third kappa shape index (κ3) is 4.74. The molecular formula is C22H23FN2O4. The average molecular weight is 398 g/mol. The third-order valence-electron chi connectivity index (χ3n) is 4.62. The molecule has 2 aromatic rings. The van der Waals surface area contributed by atoms with E-state index >= 15 is 0 Å². The molecule has 1 heterocycles. The predicted octanol–water partition coefficient (Wildman–Crippen LogP) is 3.84. The number of hydrogen-bond donors (Lipinski definition) is 2. The molecule has 152 valence electrons. The van der Waals surface area contributed by atoms with Gasteiger partial charge in [0.05, 0.1) is 18.7 Å². The molecule has 1 aliphatic heterocycles. The lowest BCUT2D eigenvalue weighted by atomic mass is 9.91. The van der Waals surface area contributed by atoms with Gasteiger partial charge in [-0.25, -0.2) is 14.0 Å². The predicted molar refractivity (Wildman–Crippen MR) is 105 cm³/mol. The van der Waals surface area contributed by atoms with Crippen molar-refractivity contribution in [2.75, 3.05) is 7.11 Å². The van der Waals surface area contributed by atoms with Crippen LogP contribution in [-0.4, -0.2) is 19.1 Å². The maximum atomic E-state index is 13.0. The third-order valence-corrected chi connectivity index (χ3v) is 4.62. The number of nitrogens with one attached hydrogen (secondary N) is 2. The minimum absolute atomic E-state index is 0.0593. The number of amides is 2. The summed E-state index contributed by atoms with van der Waals surface area (Å²) < 4.78 is 23.6. The monoisotopic (exact) mass is 398 g/mol. The number of hydrogen-bond acceptors (Lipinski definition) is 4. The van der Waals surface area contributed by atoms with Crippen LogP contribution in [0.15, 0.2) is 59.8 Å². The number of methoxy groups -OCH3 is 1. The van der Waals surface area contributed by atoms with Gasteiger partial charge >= 0.3 is 12.0 Å². The van der Waals surface area contributed by atoms with Crippen molar-refractivity contribution in [2.45, 2.75) is 26.5 Å². The Morgan fingerprint density at radius 1 is 1.10 bits per heavy atom. The fraction of sp³-hybridized carbons (Fsp3) is 0.273. The zero-order chi connectivity index (χ0) is 21.0. The van der Waals surface area contributed by atoms with Crippen molar-refractivity contribution in [2.24, 2.45) is 5.92 Å². The number of benzene rings is 2. The highest BCUT2D eigenvalue weighted by Gasteiger charge is 2.34. The minimum Gasteiger partial charge on any atom is -0.489 e. The first-order valence-electron chi connectivity index (χ1n) is 9.26. The molecule has 2 aromatic carbocycles. The van der Waals surface area contributed by atoms with Crippen molar-refractivity contribution >= 4 is 12.0 Å². The van der Waals surface area contributed by atoms with Gasteiger partial charge in [0, 0.05) is 5.70 Å². The lowest BCUT2D eigenvalue weighted by molar-refractivity contribution is -0.136. The number of carbonyl (C=O) groups is 2. The van der Waals surface area contributed by atoms with E-state index in [4.69, 9.17) is 9.47 Å². The van der Waals surface area contributed by atoms with E-state index in [9.17, 15) is 14.0 Å². The Bertz CT molecular complexity index is 921. The van der Waals surface area contributed by atoms with Gasteiger partial charge in [-0.1, -0.05) is 38.1 Å². The smallest absolute Gasteiger partial charge is 0.337 e. The summed E-state index contributed by atoms with van der Waals surface area (Å²) in [6, 6.07) is 12.2. The molecule has 1 atom stereocenters. The molecular weight excluding hydrogens is 375 g/mol. The summed E-state index contributed by atoms with van der Waals surface area (Å²) in [5.74, 6) is -0.234. The van der Waals surface area contributed by atoms with Gasteiger partial charge in [-0.05, 0) is 41.3 Å². The topological polar surface area (TPSA) is 76.7 Å². The largest absolute Gasteiger partial charge is 0.489 e. The van der Waals surface area contributed by atoms with E-state index in [-0.39, 0.29) is 17.8 Å². The summed E-state index contributed by atoms with van der Waals surface area (Å²) in [6.07, 6.45) is 0. The summed E-state index contributed by atoms with van der Waals surface area (Å²) in [6.45, 7) is 4.09. The Morgan fingerprint density at radius 3 is 2.34 bits per heavy atom. The zero-order valence-electron chi connectivity index (χ0n) is 16.5. The summed E-state index contributed by atoms with van der Waals surface area (Å²) in [4.78, 5) is 24.5. The maximum Gasteiger partial charge on any atom is 0.337 e. The first-order valence-corrected chi connectivity index (χ1v) is 9.26. The molecule has 1 unspecified atom stereocenters. The fourth-order valence-electron chi connectivity index (χ4n) is 3.13. The highest BCUT2D eigenvalue weighted by molar-refractivity contribution is 5.95. The summed E-state index contributed by atoms with van der Waals surface area (Å²) in [7, 11) is 1.31. The van der Waals surface area contributed by atoms with Crippen LogP contribution in [0.25, 0.3) is 0 Å². The number of rotatable bonds is 6. The first kappa shape index (κ1) is 20.4. The van der Waals surface area contributed by atoms with Crippen molar-refractivity contribution < 1.29 is 23.5 Å². The Kier molecular flexibility index (Phi) is 6.16. The lowest BCUT2D eigenvalue weighted by Crippen LogP contribution is -2.47. The molecule has 2 amide bonds. The van der Waals surface area contributed by atoms with Crippen molar-refractivity contribution in [3.63, 3.8) is 0 Å². The van der Waals surface area contributed by atoms with E-state index in [1.54, 1.807) is 36.4 Å². The molecule has 0 saturated heterocycles. The molecule has 0 saturated carbocycles. The van der Waals surface area contributed by atoms with Crippen molar-refractivity contribution in [1.82, 2.24) is 10.6 Å². The average Bonchev–Trinajstić information content (AvgIpc) is 2.72. The van der Waals surface area contributed by atoms with Crippen LogP contribution < -0.4 is 15.4 Å². The van der Waals surface area contributed by atoms with Gasteiger partial charge in [0.25, 0.3) is 0 Å². The van der Waals surface area contributed by atoms with Crippen LogP contribution in [0.4, 0.5) is 9.18 Å². The number of allylic oxidation sites excluding steroid dienone is 1. The van der Waals surface area contributed by atoms with Crippen LogP contribution in [0, 0.1) is 11.7 Å². The second kappa shape index (κ2) is 8.77. The molecule has 29 heavy (non-hydrogen) atoms. The standard InChI is InChI=1S/C22H23FN2O4/c1-13(2)19-18(21(26)28-3)20(25-22(27)24-19)15-6-10-17(11-7-15)29-12-14-4-8-16(23)9-5-14/h4-11,13,20H,12H2,1-3H3,(H2,24,25,27). The van der Waals surface area contributed by atoms with Crippen molar-refractivity contribution in [3.8, 4) is 5.75 Å². The first-order chi connectivity index (χ1) is 13.9. The number of ether oxygens (including phenoxy) is 2. The molecule has 0 fully saturated rings. The van der Waals surface area contributed by atoms with E-state index in [1.165, 1.54) is 19.2 Å². The van der Waals surface area contributed by atoms with Crippen LogP contribution in [0.2, 0.25) is 0 Å². The van der Waals surface area contributed by atoms with Gasteiger partial charge in [-0.3, -0.25) is 0 Å². The van der Waals surface area contributed by atoms with Crippen LogP contribution >= 0.6 is 0 Å². The minimum atomic E-state index is -0.625. The lowest BCUT2D eigenvalue weighted by Gasteiger charge is -2.30. The molecule has 3 rings (SSSR count). The van der Waals surface area contributed by atoms with Gasteiger partial charge < -0.3 is 20.1 Å². The molecule has 2 N–H and O–H groups in total. The Labute approximate surface area is 168 Å². The van der Waals surface area contributed by atoms with E-state index in [2.05, 4.69) is 10.6 Å². The van der Waals surface area contributed by atoms with Crippen molar-refractivity contribution in [1.29, 1.82) is 0 Å². The van der Waals surface area contributed by atoms with Crippen molar-refractivity contribution in [3.05, 3.63) is 76.7 Å². The second-order valence-electron chi connectivity index (χ2n) is 6.99. The van der Waals surface area contributed by atoms with Gasteiger partial charge in [-0.15, -0.1) is 0 Å². The van der Waals surface area contributed by atoms with E-state index in [1.807, 2.05) is 13.8 Å². The van der Waals surface area contributed by atoms with Gasteiger partial charge in [0.1, 0.15) is 18.2 Å². The molecule has 0 aliphatic carbocycles. The maximum absolute atomic E-state index is 13.0. The van der Waals surface area contributed by atoms with E-state index in [0.717, 1.165) is 11.1 Å². The molecule has 0 bridgehead atoms. The van der Waals surface area contributed by atoms with E-state index < -0.39 is 12.0 Å². The Balaban J connectivity index is 1.81. The SMILES string of the molecule is COC(=O)C1=C(C(C)C)NC(=O)NC1c1ccc(OCc2ccc(F)cc2)cc1. The molecule has 7 heteroatoms. The summed E-state index contributed by atoms with van der Waals surface area (Å²) in [5.41, 5.74) is 2.50. The second-order valence-corrected chi connectivity index (χ2v) is 6.99. The molecule has 0 aromatic heterocycles. The quantitative estimate of drug-likeness (QED) is 0.725. The number of esters is 1. The van der Waals surface area contributed by atoms with Gasteiger partial charge in [0.2, 0.25) is 0 Å². The van der Waals surface area contributed by atoms with Crippen LogP contribution in [0.1, 0.15) is 31.0 Å². The molecule has 1 aliphatic rings. The molecule has 0 spiro atoms. The van der Waals surface area contributed by atoms with Crippen LogP contribution in [0.3, 0.4) is 0 Å². The van der Waals surface area contributed by atoms with Gasteiger partial charge in [0.15, 0.2) is 0 Å². The number of urea groups is 1. The van der Waals surface area contributed by atoms with Gasteiger partial charge in [-0.2, -0.15) is 0 Å². The van der Waals surface area contributed by atoms with Crippen LogP contribution in [-0.2, 0) is 16.1 Å². The normalized spacial score (nSPS) is 16.3. The Hall–Kier alpha value is -3.35. The highest BCUT2D eigenvalue weighted by Crippen LogP contribution is 2.31. The fourth-order valence-corrected chi connectivity index (χ4v) is 3.13. The number of halogens is 1. The Morgan fingerprint density at radius 2 is 1.76 bits per heavy atom. The molecule has 6 nitrogen and oxygen atoms in total.